The zero-order valence-electron chi connectivity index (χ0n) is 22.2. The number of halogens is 3. The summed E-state index contributed by atoms with van der Waals surface area (Å²) in [6.45, 7) is 7.07. The molecule has 2 atom stereocenters. The zero-order valence-corrected chi connectivity index (χ0v) is 23.1. The SMILES string of the molecule is CC(F)C(F)(F)Oc1cccc(-n2c(=O)n([C@H](C)C(C)(C)O)c3cc(C(=O)CC4(C)CS(=O)(=O)C4)ccc32)c1. The van der Waals surface area contributed by atoms with Crippen molar-refractivity contribution in [3.8, 4) is 11.4 Å². The van der Waals surface area contributed by atoms with Crippen molar-refractivity contribution in [1.29, 1.82) is 0 Å². The van der Waals surface area contributed by atoms with Crippen molar-refractivity contribution < 1.29 is 36.2 Å². The summed E-state index contributed by atoms with van der Waals surface area (Å²) >= 11 is 0. The van der Waals surface area contributed by atoms with Crippen molar-refractivity contribution in [3.63, 3.8) is 0 Å². The monoisotopic (exact) mass is 568 g/mol. The van der Waals surface area contributed by atoms with Crippen molar-refractivity contribution in [3.05, 3.63) is 58.5 Å². The molecule has 0 saturated carbocycles. The van der Waals surface area contributed by atoms with Gasteiger partial charge in [-0.15, -0.1) is 0 Å². The molecule has 3 aromatic rings. The molecule has 0 radical (unpaired) electrons. The standard InChI is InChI=1S/C27H31F3N2O6S/c1-16(28)27(29,30)38-20-8-6-7-19(12-20)32-21-10-9-18(23(33)13-26(5)14-39(36,37)15-26)11-22(21)31(24(32)34)17(2)25(3,4)35/h6-12,16-17,35H,13-15H2,1-5H3/t16?,17-/m1/s1. The molecule has 39 heavy (non-hydrogen) atoms. The molecule has 1 N–H and O–H groups in total. The quantitative estimate of drug-likeness (QED) is 0.382. The van der Waals surface area contributed by atoms with E-state index in [9.17, 15) is 36.3 Å². The number of nitrogens with zero attached hydrogens (tertiary/aromatic N) is 2. The molecule has 1 fully saturated rings. The highest BCUT2D eigenvalue weighted by Gasteiger charge is 2.46. The number of carbonyl (C=O) groups is 1. The van der Waals surface area contributed by atoms with Crippen LogP contribution in [0.15, 0.2) is 47.3 Å². The summed E-state index contributed by atoms with van der Waals surface area (Å²) in [6, 6.07) is 9.02. The van der Waals surface area contributed by atoms with E-state index in [4.69, 9.17) is 0 Å². The maximum atomic E-state index is 13.9. The first-order valence-corrected chi connectivity index (χ1v) is 14.2. The molecule has 1 aliphatic heterocycles. The fourth-order valence-electron chi connectivity index (χ4n) is 4.87. The molecule has 1 unspecified atom stereocenters. The number of fused-ring (bicyclic) bond motifs is 1. The van der Waals surface area contributed by atoms with Gasteiger partial charge in [0.15, 0.2) is 15.6 Å². The van der Waals surface area contributed by atoms with E-state index in [-0.39, 0.29) is 40.7 Å². The number of carbonyl (C=O) groups excluding carboxylic acids is 1. The van der Waals surface area contributed by atoms with Crippen LogP contribution in [0, 0.1) is 5.41 Å². The van der Waals surface area contributed by atoms with Crippen LogP contribution < -0.4 is 10.4 Å². The number of hydrogen-bond donors (Lipinski definition) is 1. The van der Waals surface area contributed by atoms with Gasteiger partial charge in [0, 0.05) is 23.5 Å². The van der Waals surface area contributed by atoms with Crippen LogP contribution in [0.4, 0.5) is 13.2 Å². The lowest BCUT2D eigenvalue weighted by Crippen LogP contribution is -2.47. The minimum atomic E-state index is -4.08. The van der Waals surface area contributed by atoms with Gasteiger partial charge in [-0.05, 0) is 58.0 Å². The van der Waals surface area contributed by atoms with Crippen molar-refractivity contribution in [2.45, 2.75) is 65.0 Å². The molecule has 212 valence electrons. The smallest absolute Gasteiger partial charge is 0.429 e. The van der Waals surface area contributed by atoms with Gasteiger partial charge in [-0.3, -0.25) is 13.9 Å². The van der Waals surface area contributed by atoms with Crippen LogP contribution in [0.25, 0.3) is 16.7 Å². The highest BCUT2D eigenvalue weighted by molar-refractivity contribution is 7.92. The number of alkyl halides is 3. The predicted octanol–water partition coefficient (Wildman–Crippen LogP) is 4.46. The molecule has 2 aromatic carbocycles. The van der Waals surface area contributed by atoms with Crippen LogP contribution in [0.1, 0.15) is 57.4 Å². The Morgan fingerprint density at radius 1 is 1.13 bits per heavy atom. The van der Waals surface area contributed by atoms with Gasteiger partial charge >= 0.3 is 11.8 Å². The second kappa shape index (κ2) is 9.51. The van der Waals surface area contributed by atoms with Crippen LogP contribution >= 0.6 is 0 Å². The average Bonchev–Trinajstić information content (AvgIpc) is 3.06. The second-order valence-electron chi connectivity index (χ2n) is 11.2. The van der Waals surface area contributed by atoms with Crippen molar-refractivity contribution in [2.24, 2.45) is 5.41 Å². The number of aliphatic hydroxyl groups is 1. The maximum Gasteiger partial charge on any atom is 0.429 e. The summed E-state index contributed by atoms with van der Waals surface area (Å²) in [5.74, 6) is -0.817. The molecule has 12 heteroatoms. The molecule has 1 aromatic heterocycles. The molecule has 1 saturated heterocycles. The first-order valence-electron chi connectivity index (χ1n) is 12.4. The average molecular weight is 569 g/mol. The third-order valence-corrected chi connectivity index (χ3v) is 9.40. The molecule has 0 amide bonds. The molecule has 0 aliphatic carbocycles. The Kier molecular flexibility index (Phi) is 7.04. The lowest BCUT2D eigenvalue weighted by Gasteiger charge is -2.37. The van der Waals surface area contributed by atoms with E-state index < -0.39 is 44.9 Å². The Morgan fingerprint density at radius 3 is 2.33 bits per heavy atom. The first kappa shape index (κ1) is 28.9. The predicted molar refractivity (Wildman–Crippen MR) is 140 cm³/mol. The largest absolute Gasteiger partial charge is 0.430 e. The van der Waals surface area contributed by atoms with E-state index in [2.05, 4.69) is 4.74 Å². The van der Waals surface area contributed by atoms with E-state index in [0.717, 1.165) is 0 Å². The van der Waals surface area contributed by atoms with Crippen LogP contribution in [-0.2, 0) is 9.84 Å². The lowest BCUT2D eigenvalue weighted by atomic mass is 9.86. The van der Waals surface area contributed by atoms with E-state index in [0.29, 0.717) is 18.0 Å². The molecule has 8 nitrogen and oxygen atoms in total. The number of Topliss-reactive ketones (excluding diaryl/α,β-unsaturated/α-hetero) is 1. The summed E-state index contributed by atoms with van der Waals surface area (Å²) in [7, 11) is -3.15. The van der Waals surface area contributed by atoms with Gasteiger partial charge < -0.3 is 9.84 Å². The number of aromatic nitrogens is 2. The molecule has 4 rings (SSSR count). The van der Waals surface area contributed by atoms with E-state index in [1.54, 1.807) is 13.8 Å². The minimum Gasteiger partial charge on any atom is -0.430 e. The number of imidazole rings is 1. The zero-order chi connectivity index (χ0) is 29.1. The van der Waals surface area contributed by atoms with Gasteiger partial charge in [0.2, 0.25) is 6.17 Å². The van der Waals surface area contributed by atoms with Crippen LogP contribution in [-0.4, -0.2) is 57.8 Å². The Bertz CT molecular complexity index is 1590. The van der Waals surface area contributed by atoms with Gasteiger partial charge in [-0.25, -0.2) is 17.6 Å². The minimum absolute atomic E-state index is 0.00428. The Morgan fingerprint density at radius 2 is 1.77 bits per heavy atom. The van der Waals surface area contributed by atoms with E-state index in [1.165, 1.54) is 65.4 Å². The van der Waals surface area contributed by atoms with Gasteiger partial charge in [0.05, 0.1) is 39.9 Å². The Hall–Kier alpha value is -3.12. The highest BCUT2D eigenvalue weighted by Crippen LogP contribution is 2.37. The second-order valence-corrected chi connectivity index (χ2v) is 13.3. The Balaban J connectivity index is 1.83. The van der Waals surface area contributed by atoms with E-state index in [1.807, 2.05) is 0 Å². The van der Waals surface area contributed by atoms with Crippen molar-refractivity contribution in [2.75, 3.05) is 11.5 Å². The number of ketones is 1. The summed E-state index contributed by atoms with van der Waals surface area (Å²) in [5, 5.41) is 10.7. The van der Waals surface area contributed by atoms with Crippen LogP contribution in [0.5, 0.6) is 5.75 Å². The maximum absolute atomic E-state index is 13.9. The molecule has 1 aliphatic rings. The fraction of sp³-hybridized carbons (Fsp3) is 0.481. The van der Waals surface area contributed by atoms with Gasteiger partial charge in [-0.2, -0.15) is 8.78 Å². The van der Waals surface area contributed by atoms with Gasteiger partial charge in [0.1, 0.15) is 5.75 Å². The number of hydrogen-bond acceptors (Lipinski definition) is 6. The fourth-order valence-corrected chi connectivity index (χ4v) is 7.11. The van der Waals surface area contributed by atoms with Gasteiger partial charge in [0.25, 0.3) is 0 Å². The lowest BCUT2D eigenvalue weighted by molar-refractivity contribution is -0.215. The summed E-state index contributed by atoms with van der Waals surface area (Å²) in [5.41, 5.74) is -1.59. The molecule has 2 heterocycles. The first-order chi connectivity index (χ1) is 17.8. The number of rotatable bonds is 9. The number of sulfone groups is 1. The molecule has 0 bridgehead atoms. The van der Waals surface area contributed by atoms with Crippen LogP contribution in [0.3, 0.4) is 0 Å². The summed E-state index contributed by atoms with van der Waals surface area (Å²) in [4.78, 5) is 26.9. The van der Waals surface area contributed by atoms with Gasteiger partial charge in [-0.1, -0.05) is 13.0 Å². The summed E-state index contributed by atoms with van der Waals surface area (Å²) < 4.78 is 71.5. The molecule has 0 spiro atoms. The van der Waals surface area contributed by atoms with E-state index >= 15 is 0 Å². The van der Waals surface area contributed by atoms with Crippen molar-refractivity contribution >= 4 is 26.7 Å². The third kappa shape index (κ3) is 5.62. The number of benzene rings is 2. The third-order valence-electron chi connectivity index (χ3n) is 7.12. The van der Waals surface area contributed by atoms with Crippen LogP contribution in [0.2, 0.25) is 0 Å². The molecular formula is C27H31F3N2O6S. The Labute approximate surface area is 223 Å². The number of ether oxygens (including phenoxy) is 1. The topological polar surface area (TPSA) is 108 Å². The van der Waals surface area contributed by atoms with Crippen molar-refractivity contribution in [1.82, 2.24) is 9.13 Å². The normalized spacial score (nSPS) is 18.4. The summed E-state index contributed by atoms with van der Waals surface area (Å²) in [6.07, 6.45) is -6.65. The molecular weight excluding hydrogens is 537 g/mol. The highest BCUT2D eigenvalue weighted by atomic mass is 32.2.